The zero-order valence-corrected chi connectivity index (χ0v) is 7.17. The first-order chi connectivity index (χ1) is 5.04. The zero-order valence-electron chi connectivity index (χ0n) is 6.41. The van der Waals surface area contributed by atoms with E-state index in [2.05, 4.69) is 0 Å². The van der Waals surface area contributed by atoms with E-state index in [1.54, 1.807) is 13.8 Å². The Labute approximate surface area is 70.0 Å². The fourth-order valence-corrected chi connectivity index (χ4v) is 1.08. The second-order valence-corrected chi connectivity index (χ2v) is 2.91. The van der Waals surface area contributed by atoms with Gasteiger partial charge in [-0.15, -0.1) is 0 Å². The number of benzene rings is 1. The summed E-state index contributed by atoms with van der Waals surface area (Å²) < 4.78 is 12.8. The van der Waals surface area contributed by atoms with Gasteiger partial charge in [0.1, 0.15) is 5.82 Å². The Bertz CT molecular complexity index is 270. The summed E-state index contributed by atoms with van der Waals surface area (Å²) in [5, 5.41) is 0.545. The Balaban J connectivity index is 3.46. The van der Waals surface area contributed by atoms with E-state index < -0.39 is 5.82 Å². The minimum atomic E-state index is -0.399. The Hall–Kier alpha value is -0.760. The molecule has 0 aliphatic carbocycles. The number of anilines is 1. The average Bonchev–Trinajstić information content (AvgIpc) is 1.97. The van der Waals surface area contributed by atoms with Crippen LogP contribution in [0.4, 0.5) is 10.1 Å². The average molecular weight is 174 g/mol. The van der Waals surface area contributed by atoms with Crippen LogP contribution in [0.1, 0.15) is 11.1 Å². The molecule has 0 fully saturated rings. The van der Waals surface area contributed by atoms with E-state index in [1.165, 1.54) is 6.07 Å². The molecule has 0 amide bonds. The summed E-state index contributed by atoms with van der Waals surface area (Å²) in [6.45, 7) is 3.45. The molecular weight excluding hydrogens is 165 g/mol. The molecule has 1 rings (SSSR count). The van der Waals surface area contributed by atoms with Gasteiger partial charge in [0.05, 0.1) is 5.69 Å². The van der Waals surface area contributed by atoms with E-state index in [4.69, 9.17) is 17.3 Å². The van der Waals surface area contributed by atoms with Crippen molar-refractivity contribution in [3.8, 4) is 0 Å². The largest absolute Gasteiger partial charge is 0.396 e. The molecule has 0 unspecified atom stereocenters. The number of halogens is 2. The first kappa shape index (κ1) is 8.34. The molecular formula is C8H9ClFN. The highest BCUT2D eigenvalue weighted by atomic mass is 35.5. The molecule has 1 aromatic rings. The van der Waals surface area contributed by atoms with Crippen LogP contribution in [0.2, 0.25) is 5.02 Å². The van der Waals surface area contributed by atoms with Crippen molar-refractivity contribution in [1.82, 2.24) is 0 Å². The van der Waals surface area contributed by atoms with E-state index >= 15 is 0 Å². The minimum Gasteiger partial charge on any atom is -0.396 e. The van der Waals surface area contributed by atoms with Crippen molar-refractivity contribution >= 4 is 17.3 Å². The maximum absolute atomic E-state index is 12.8. The highest BCUT2D eigenvalue weighted by Crippen LogP contribution is 2.27. The smallest absolute Gasteiger partial charge is 0.146 e. The SMILES string of the molecule is Cc1cc(F)c(N)c(C)c1Cl. The van der Waals surface area contributed by atoms with Crippen LogP contribution in [0.15, 0.2) is 6.07 Å². The summed E-state index contributed by atoms with van der Waals surface area (Å²) >= 11 is 5.81. The van der Waals surface area contributed by atoms with Crippen molar-refractivity contribution in [1.29, 1.82) is 0 Å². The maximum Gasteiger partial charge on any atom is 0.146 e. The number of nitrogen functional groups attached to an aromatic ring is 1. The van der Waals surface area contributed by atoms with Crippen LogP contribution in [0.3, 0.4) is 0 Å². The first-order valence-electron chi connectivity index (χ1n) is 3.24. The standard InChI is InChI=1S/C8H9ClFN/c1-4-3-6(10)8(11)5(2)7(4)9/h3H,11H2,1-2H3. The fourth-order valence-electron chi connectivity index (χ4n) is 0.924. The van der Waals surface area contributed by atoms with E-state index in [0.29, 0.717) is 10.6 Å². The van der Waals surface area contributed by atoms with Crippen molar-refractivity contribution in [3.63, 3.8) is 0 Å². The normalized spacial score (nSPS) is 10.2. The number of nitrogens with two attached hydrogens (primary N) is 1. The second-order valence-electron chi connectivity index (χ2n) is 2.53. The van der Waals surface area contributed by atoms with Crippen LogP contribution < -0.4 is 5.73 Å². The van der Waals surface area contributed by atoms with Gasteiger partial charge in [0.25, 0.3) is 0 Å². The van der Waals surface area contributed by atoms with Gasteiger partial charge in [0.2, 0.25) is 0 Å². The van der Waals surface area contributed by atoms with Gasteiger partial charge in [-0.1, -0.05) is 11.6 Å². The highest BCUT2D eigenvalue weighted by Gasteiger charge is 2.07. The van der Waals surface area contributed by atoms with Crippen LogP contribution in [-0.2, 0) is 0 Å². The van der Waals surface area contributed by atoms with E-state index in [0.717, 1.165) is 5.56 Å². The molecule has 0 bridgehead atoms. The van der Waals surface area contributed by atoms with E-state index in [1.807, 2.05) is 0 Å². The Morgan fingerprint density at radius 2 is 2.00 bits per heavy atom. The van der Waals surface area contributed by atoms with Gasteiger partial charge in [-0.3, -0.25) is 0 Å². The molecule has 1 nitrogen and oxygen atoms in total. The molecule has 2 N–H and O–H groups in total. The Morgan fingerprint density at radius 3 is 2.55 bits per heavy atom. The molecule has 11 heavy (non-hydrogen) atoms. The lowest BCUT2D eigenvalue weighted by atomic mass is 10.1. The van der Waals surface area contributed by atoms with Crippen LogP contribution >= 0.6 is 11.6 Å². The summed E-state index contributed by atoms with van der Waals surface area (Å²) in [6, 6.07) is 1.34. The number of hydrogen-bond acceptors (Lipinski definition) is 1. The van der Waals surface area contributed by atoms with Gasteiger partial charge >= 0.3 is 0 Å². The summed E-state index contributed by atoms with van der Waals surface area (Å²) in [5.74, 6) is -0.399. The predicted molar refractivity (Wildman–Crippen MR) is 45.3 cm³/mol. The van der Waals surface area contributed by atoms with Crippen LogP contribution in [0, 0.1) is 19.7 Å². The van der Waals surface area contributed by atoms with Crippen molar-refractivity contribution in [3.05, 3.63) is 28.0 Å². The summed E-state index contributed by atoms with van der Waals surface area (Å²) in [6.07, 6.45) is 0. The molecule has 0 radical (unpaired) electrons. The van der Waals surface area contributed by atoms with Crippen LogP contribution in [0.25, 0.3) is 0 Å². The third-order valence-corrected chi connectivity index (χ3v) is 2.26. The molecule has 0 saturated carbocycles. The molecule has 0 aliphatic heterocycles. The molecule has 0 heterocycles. The fraction of sp³-hybridized carbons (Fsp3) is 0.250. The van der Waals surface area contributed by atoms with Crippen molar-refractivity contribution in [2.75, 3.05) is 5.73 Å². The molecule has 3 heteroatoms. The molecule has 1 aromatic carbocycles. The van der Waals surface area contributed by atoms with Crippen molar-refractivity contribution in [2.24, 2.45) is 0 Å². The Kier molecular flexibility index (Phi) is 2.05. The topological polar surface area (TPSA) is 26.0 Å². The van der Waals surface area contributed by atoms with Crippen molar-refractivity contribution < 1.29 is 4.39 Å². The van der Waals surface area contributed by atoms with Crippen LogP contribution in [-0.4, -0.2) is 0 Å². The minimum absolute atomic E-state index is 0.139. The van der Waals surface area contributed by atoms with Gasteiger partial charge in [-0.05, 0) is 31.0 Å². The third-order valence-electron chi connectivity index (χ3n) is 1.68. The molecule has 0 saturated heterocycles. The van der Waals surface area contributed by atoms with Gasteiger partial charge in [-0.2, -0.15) is 0 Å². The maximum atomic E-state index is 12.8. The number of hydrogen-bond donors (Lipinski definition) is 1. The van der Waals surface area contributed by atoms with Gasteiger partial charge in [-0.25, -0.2) is 4.39 Å². The molecule has 60 valence electrons. The third kappa shape index (κ3) is 1.31. The van der Waals surface area contributed by atoms with Gasteiger partial charge < -0.3 is 5.73 Å². The monoisotopic (exact) mass is 173 g/mol. The summed E-state index contributed by atoms with van der Waals surface area (Å²) in [4.78, 5) is 0. The second kappa shape index (κ2) is 2.70. The lowest BCUT2D eigenvalue weighted by Gasteiger charge is -2.06. The lowest BCUT2D eigenvalue weighted by Crippen LogP contribution is -1.96. The lowest BCUT2D eigenvalue weighted by molar-refractivity contribution is 0.630. The zero-order chi connectivity index (χ0) is 8.59. The van der Waals surface area contributed by atoms with E-state index in [9.17, 15) is 4.39 Å². The molecule has 0 atom stereocenters. The number of aryl methyl sites for hydroxylation is 1. The van der Waals surface area contributed by atoms with Gasteiger partial charge in [0.15, 0.2) is 0 Å². The molecule has 0 spiro atoms. The molecule has 0 aliphatic rings. The molecule has 0 aromatic heterocycles. The van der Waals surface area contributed by atoms with Crippen molar-refractivity contribution in [2.45, 2.75) is 13.8 Å². The quantitative estimate of drug-likeness (QED) is 0.600. The first-order valence-corrected chi connectivity index (χ1v) is 3.62. The Morgan fingerprint density at radius 1 is 1.45 bits per heavy atom. The summed E-state index contributed by atoms with van der Waals surface area (Å²) in [7, 11) is 0. The van der Waals surface area contributed by atoms with Gasteiger partial charge in [0, 0.05) is 5.02 Å². The van der Waals surface area contributed by atoms with Crippen LogP contribution in [0.5, 0.6) is 0 Å². The predicted octanol–water partition coefficient (Wildman–Crippen LogP) is 2.68. The highest BCUT2D eigenvalue weighted by molar-refractivity contribution is 6.32. The number of rotatable bonds is 0. The van der Waals surface area contributed by atoms with E-state index in [-0.39, 0.29) is 5.69 Å². The summed E-state index contributed by atoms with van der Waals surface area (Å²) in [5.41, 5.74) is 6.86.